The van der Waals surface area contributed by atoms with Gasteiger partial charge in [0.1, 0.15) is 16.3 Å². The molecule has 0 aliphatic rings. The molecule has 3 rings (SSSR count). The standard InChI is InChI=1S/C21H21NO4S/c1-3-26-21(24)19-16-6-4-5-7-17(16)27-20(19)22-18(23)13-10-14-8-11-15(25-2)12-9-14/h4-9,11-12H,3,10,13H2,1-2H3,(H,22,23). The summed E-state index contributed by atoms with van der Waals surface area (Å²) in [6.45, 7) is 2.05. The quantitative estimate of drug-likeness (QED) is 0.603. The van der Waals surface area contributed by atoms with Crippen LogP contribution in [0.4, 0.5) is 5.00 Å². The van der Waals surface area contributed by atoms with Crippen LogP contribution in [0.3, 0.4) is 0 Å². The zero-order valence-corrected chi connectivity index (χ0v) is 16.1. The monoisotopic (exact) mass is 383 g/mol. The number of esters is 1. The van der Waals surface area contributed by atoms with E-state index in [1.54, 1.807) is 14.0 Å². The van der Waals surface area contributed by atoms with Crippen LogP contribution < -0.4 is 10.1 Å². The van der Waals surface area contributed by atoms with Crippen LogP contribution in [-0.2, 0) is 16.0 Å². The Kier molecular flexibility index (Phi) is 6.08. The molecule has 140 valence electrons. The molecule has 0 radical (unpaired) electrons. The summed E-state index contributed by atoms with van der Waals surface area (Å²) >= 11 is 1.38. The summed E-state index contributed by atoms with van der Waals surface area (Å²) in [6, 6.07) is 15.2. The predicted molar refractivity (Wildman–Crippen MR) is 108 cm³/mol. The van der Waals surface area contributed by atoms with E-state index in [1.807, 2.05) is 48.5 Å². The van der Waals surface area contributed by atoms with Gasteiger partial charge in [-0.15, -0.1) is 11.3 Å². The SMILES string of the molecule is CCOC(=O)c1c(NC(=O)CCc2ccc(OC)cc2)sc2ccccc12. The van der Waals surface area contributed by atoms with Crippen molar-refractivity contribution >= 4 is 38.3 Å². The Labute approximate surface area is 161 Å². The number of thiophene rings is 1. The molecule has 0 unspecified atom stereocenters. The highest BCUT2D eigenvalue weighted by Gasteiger charge is 2.21. The summed E-state index contributed by atoms with van der Waals surface area (Å²) in [5.41, 5.74) is 1.48. The van der Waals surface area contributed by atoms with Crippen molar-refractivity contribution in [3.8, 4) is 5.75 Å². The number of fused-ring (bicyclic) bond motifs is 1. The van der Waals surface area contributed by atoms with Gasteiger partial charge in [-0.3, -0.25) is 4.79 Å². The molecular weight excluding hydrogens is 362 g/mol. The van der Waals surface area contributed by atoms with Gasteiger partial charge in [0.2, 0.25) is 5.91 Å². The molecule has 0 bridgehead atoms. The van der Waals surface area contributed by atoms with Crippen molar-refractivity contribution in [2.75, 3.05) is 19.0 Å². The lowest BCUT2D eigenvalue weighted by atomic mass is 10.1. The first-order valence-corrected chi connectivity index (χ1v) is 9.55. The van der Waals surface area contributed by atoms with Gasteiger partial charge in [-0.05, 0) is 37.1 Å². The molecule has 5 nitrogen and oxygen atoms in total. The zero-order valence-electron chi connectivity index (χ0n) is 15.3. The minimum absolute atomic E-state index is 0.136. The van der Waals surface area contributed by atoms with Gasteiger partial charge in [0.25, 0.3) is 0 Å². The molecular formula is C21H21NO4S. The van der Waals surface area contributed by atoms with E-state index >= 15 is 0 Å². The third kappa shape index (κ3) is 4.46. The minimum Gasteiger partial charge on any atom is -0.497 e. The third-order valence-corrected chi connectivity index (χ3v) is 5.21. The molecule has 27 heavy (non-hydrogen) atoms. The molecule has 0 aliphatic heterocycles. The Morgan fingerprint density at radius 1 is 1.07 bits per heavy atom. The summed E-state index contributed by atoms with van der Waals surface area (Å²) in [6.07, 6.45) is 0.929. The molecule has 1 aromatic heterocycles. The van der Waals surface area contributed by atoms with Crippen LogP contribution in [0.2, 0.25) is 0 Å². The normalized spacial score (nSPS) is 10.6. The van der Waals surface area contributed by atoms with E-state index in [4.69, 9.17) is 9.47 Å². The second-order valence-corrected chi connectivity index (χ2v) is 6.97. The predicted octanol–water partition coefficient (Wildman–Crippen LogP) is 4.66. The van der Waals surface area contributed by atoms with E-state index in [0.717, 1.165) is 21.4 Å². The maximum absolute atomic E-state index is 12.4. The highest BCUT2D eigenvalue weighted by molar-refractivity contribution is 7.23. The van der Waals surface area contributed by atoms with E-state index < -0.39 is 5.97 Å². The van der Waals surface area contributed by atoms with Crippen LogP contribution in [0.25, 0.3) is 10.1 Å². The molecule has 0 fully saturated rings. The van der Waals surface area contributed by atoms with Crippen LogP contribution in [0.15, 0.2) is 48.5 Å². The van der Waals surface area contributed by atoms with Crippen LogP contribution in [-0.4, -0.2) is 25.6 Å². The Morgan fingerprint density at radius 2 is 1.81 bits per heavy atom. The summed E-state index contributed by atoms with van der Waals surface area (Å²) in [7, 11) is 1.62. The Balaban J connectivity index is 1.73. The molecule has 1 heterocycles. The van der Waals surface area contributed by atoms with Gasteiger partial charge >= 0.3 is 5.97 Å². The van der Waals surface area contributed by atoms with Crippen molar-refractivity contribution in [3.63, 3.8) is 0 Å². The number of rotatable bonds is 7. The van der Waals surface area contributed by atoms with Gasteiger partial charge in [0, 0.05) is 16.5 Å². The Hall–Kier alpha value is -2.86. The number of carbonyl (C=O) groups excluding carboxylic acids is 2. The van der Waals surface area contributed by atoms with Crippen LogP contribution in [0, 0.1) is 0 Å². The highest BCUT2D eigenvalue weighted by atomic mass is 32.1. The third-order valence-electron chi connectivity index (χ3n) is 4.13. The molecule has 2 aromatic carbocycles. The number of anilines is 1. The van der Waals surface area contributed by atoms with Crippen molar-refractivity contribution in [2.45, 2.75) is 19.8 Å². The first kappa shape index (κ1) is 18.9. The fourth-order valence-corrected chi connectivity index (χ4v) is 3.89. The lowest BCUT2D eigenvalue weighted by Gasteiger charge is -2.07. The van der Waals surface area contributed by atoms with Crippen LogP contribution >= 0.6 is 11.3 Å². The molecule has 0 saturated heterocycles. The van der Waals surface area contributed by atoms with E-state index in [-0.39, 0.29) is 12.5 Å². The molecule has 1 amide bonds. The molecule has 1 N–H and O–H groups in total. The molecule has 0 atom stereocenters. The topological polar surface area (TPSA) is 64.6 Å². The fourth-order valence-electron chi connectivity index (χ4n) is 2.78. The number of nitrogens with one attached hydrogen (secondary N) is 1. The summed E-state index contributed by atoms with van der Waals surface area (Å²) in [5, 5.41) is 4.22. The average Bonchev–Trinajstić information content (AvgIpc) is 3.04. The van der Waals surface area contributed by atoms with E-state index in [9.17, 15) is 9.59 Å². The van der Waals surface area contributed by atoms with Crippen molar-refractivity contribution in [3.05, 3.63) is 59.7 Å². The maximum Gasteiger partial charge on any atom is 0.341 e. The van der Waals surface area contributed by atoms with Crippen LogP contribution in [0.1, 0.15) is 29.3 Å². The molecule has 3 aromatic rings. The molecule has 0 spiro atoms. The number of ether oxygens (including phenoxy) is 2. The van der Waals surface area contributed by atoms with Gasteiger partial charge in [-0.25, -0.2) is 4.79 Å². The van der Waals surface area contributed by atoms with Crippen molar-refractivity contribution in [1.82, 2.24) is 0 Å². The minimum atomic E-state index is -0.416. The first-order valence-electron chi connectivity index (χ1n) is 8.73. The van der Waals surface area contributed by atoms with Crippen molar-refractivity contribution < 1.29 is 19.1 Å². The summed E-state index contributed by atoms with van der Waals surface area (Å²) < 4.78 is 11.2. The number of methoxy groups -OCH3 is 1. The van der Waals surface area contributed by atoms with Crippen LogP contribution in [0.5, 0.6) is 5.75 Å². The largest absolute Gasteiger partial charge is 0.497 e. The van der Waals surface area contributed by atoms with Gasteiger partial charge in [-0.1, -0.05) is 30.3 Å². The van der Waals surface area contributed by atoms with E-state index in [0.29, 0.717) is 23.4 Å². The lowest BCUT2D eigenvalue weighted by molar-refractivity contribution is -0.116. The van der Waals surface area contributed by atoms with Gasteiger partial charge in [0.15, 0.2) is 0 Å². The Bertz CT molecular complexity index is 946. The highest BCUT2D eigenvalue weighted by Crippen LogP contribution is 2.36. The van der Waals surface area contributed by atoms with Gasteiger partial charge in [0.05, 0.1) is 13.7 Å². The number of benzene rings is 2. The molecule has 0 aliphatic carbocycles. The van der Waals surface area contributed by atoms with Crippen molar-refractivity contribution in [1.29, 1.82) is 0 Å². The Morgan fingerprint density at radius 3 is 2.52 bits per heavy atom. The second-order valence-electron chi connectivity index (χ2n) is 5.92. The molecule has 6 heteroatoms. The lowest BCUT2D eigenvalue weighted by Crippen LogP contribution is -2.14. The fraction of sp³-hybridized carbons (Fsp3) is 0.238. The first-order chi connectivity index (χ1) is 13.1. The molecule has 0 saturated carbocycles. The number of aryl methyl sites for hydroxylation is 1. The van der Waals surface area contributed by atoms with Gasteiger partial charge in [-0.2, -0.15) is 0 Å². The number of amides is 1. The number of hydrogen-bond donors (Lipinski definition) is 1. The average molecular weight is 383 g/mol. The number of carbonyl (C=O) groups is 2. The summed E-state index contributed by atoms with van der Waals surface area (Å²) in [4.78, 5) is 24.8. The second kappa shape index (κ2) is 8.68. The number of hydrogen-bond acceptors (Lipinski definition) is 5. The van der Waals surface area contributed by atoms with Gasteiger partial charge < -0.3 is 14.8 Å². The maximum atomic E-state index is 12.4. The van der Waals surface area contributed by atoms with Crippen molar-refractivity contribution in [2.24, 2.45) is 0 Å². The summed E-state index contributed by atoms with van der Waals surface area (Å²) in [5.74, 6) is 0.232. The van der Waals surface area contributed by atoms with E-state index in [2.05, 4.69) is 5.32 Å². The van der Waals surface area contributed by atoms with E-state index in [1.165, 1.54) is 11.3 Å². The zero-order chi connectivity index (χ0) is 19.2. The smallest absolute Gasteiger partial charge is 0.341 e.